The Morgan fingerprint density at radius 3 is 2.25 bits per heavy atom. The van der Waals surface area contributed by atoms with Gasteiger partial charge in [0.1, 0.15) is 30.1 Å². The molecule has 4 rings (SSSR count). The second-order valence-corrected chi connectivity index (χ2v) is 23.3. The van der Waals surface area contributed by atoms with Gasteiger partial charge in [-0.05, 0) is 107 Å². The molecule has 0 aromatic rings. The highest BCUT2D eigenvalue weighted by atomic mass is 31.2. The van der Waals surface area contributed by atoms with Crippen molar-refractivity contribution in [1.29, 1.82) is 0 Å². The van der Waals surface area contributed by atoms with E-state index in [9.17, 15) is 38.8 Å². The molecule has 4 unspecified atom stereocenters. The number of carbonyl (C=O) groups excluding carboxylic acids is 5. The summed E-state index contributed by atoms with van der Waals surface area (Å²) in [4.78, 5) is 72.5. The van der Waals surface area contributed by atoms with Crippen LogP contribution in [0.25, 0.3) is 0 Å². The number of methoxy groups -OCH3 is 4. The highest BCUT2D eigenvalue weighted by Gasteiger charge is 2.53. The predicted molar refractivity (Wildman–Crippen MR) is 275 cm³/mol. The number of aliphatic hydroxyl groups is 2. The molecule has 0 aromatic heterocycles. The zero-order chi connectivity index (χ0) is 54.2. The first-order chi connectivity index (χ1) is 34.5. The number of Topliss-reactive ketones (excluding diaryl/α,β-unsaturated/α-hetero) is 3. The van der Waals surface area contributed by atoms with E-state index >= 15 is 0 Å². The maximum Gasteiger partial charge on any atom is 0.329 e. The average Bonchev–Trinajstić information content (AvgIpc) is 3.35. The van der Waals surface area contributed by atoms with Crippen molar-refractivity contribution in [2.45, 2.75) is 180 Å². The van der Waals surface area contributed by atoms with E-state index in [0.29, 0.717) is 69.8 Å². The van der Waals surface area contributed by atoms with Crippen molar-refractivity contribution in [3.63, 3.8) is 0 Å². The van der Waals surface area contributed by atoms with Crippen molar-refractivity contribution in [1.82, 2.24) is 4.90 Å². The number of hydrogen-bond donors (Lipinski definition) is 2. The highest BCUT2D eigenvalue weighted by Crippen LogP contribution is 2.48. The minimum absolute atomic E-state index is 0.00279. The lowest BCUT2D eigenvalue weighted by Gasteiger charge is -2.42. The Morgan fingerprint density at radius 2 is 1.58 bits per heavy atom. The molecule has 73 heavy (non-hydrogen) atoms. The lowest BCUT2D eigenvalue weighted by Crippen LogP contribution is -2.61. The lowest BCUT2D eigenvalue weighted by molar-refractivity contribution is -0.265. The number of ether oxygens (including phenoxy) is 6. The van der Waals surface area contributed by atoms with E-state index < -0.39 is 103 Å². The molecule has 3 aliphatic heterocycles. The molecule has 1 amide bonds. The van der Waals surface area contributed by atoms with Crippen LogP contribution < -0.4 is 0 Å². The predicted octanol–water partition coefficient (Wildman–Crippen LogP) is 7.69. The highest BCUT2D eigenvalue weighted by molar-refractivity contribution is 7.53. The molecule has 1 aliphatic carbocycles. The summed E-state index contributed by atoms with van der Waals surface area (Å²) in [5, 5.41) is 23.5. The number of hydrogen-bond acceptors (Lipinski definition) is 16. The molecule has 3 heterocycles. The molecule has 0 spiro atoms. The van der Waals surface area contributed by atoms with Crippen LogP contribution in [0.5, 0.6) is 0 Å². The summed E-state index contributed by atoms with van der Waals surface area (Å²) < 4.78 is 59.5. The van der Waals surface area contributed by atoms with Crippen LogP contribution in [0.15, 0.2) is 47.6 Å². The van der Waals surface area contributed by atoms with Crippen LogP contribution in [0, 0.1) is 35.5 Å². The number of carbonyl (C=O) groups is 5. The monoisotopic (exact) mass is 1050 g/mol. The molecule has 0 radical (unpaired) electrons. The number of ketones is 3. The first-order valence-corrected chi connectivity index (χ1v) is 28.4. The van der Waals surface area contributed by atoms with Gasteiger partial charge in [0.05, 0.1) is 37.6 Å². The van der Waals surface area contributed by atoms with E-state index in [1.807, 2.05) is 58.1 Å². The van der Waals surface area contributed by atoms with Gasteiger partial charge in [0.15, 0.2) is 5.78 Å². The molecule has 2 N–H and O–H groups in total. The van der Waals surface area contributed by atoms with Crippen LogP contribution >= 0.6 is 7.60 Å². The molecule has 3 fully saturated rings. The van der Waals surface area contributed by atoms with Gasteiger partial charge in [0.25, 0.3) is 11.7 Å². The Kier molecular flexibility index (Phi) is 25.0. The Morgan fingerprint density at radius 1 is 0.849 bits per heavy atom. The molecular weight excluding hydrogens is 962 g/mol. The van der Waals surface area contributed by atoms with E-state index in [-0.39, 0.29) is 56.0 Å². The van der Waals surface area contributed by atoms with Crippen LogP contribution in [-0.4, -0.2) is 154 Å². The third kappa shape index (κ3) is 17.7. The number of amides is 1. The number of piperidine rings is 1. The Balaban J connectivity index is 1.68. The van der Waals surface area contributed by atoms with Gasteiger partial charge in [-0.3, -0.25) is 23.7 Å². The van der Waals surface area contributed by atoms with E-state index in [0.717, 1.165) is 5.57 Å². The number of fused-ring (bicyclic) bond motifs is 3. The second-order valence-electron chi connectivity index (χ2n) is 21.3. The molecule has 4 aliphatic rings. The fourth-order valence-corrected chi connectivity index (χ4v) is 12.0. The summed E-state index contributed by atoms with van der Waals surface area (Å²) in [5.74, 6) is -8.35. The number of aliphatic hydroxyl groups excluding tert-OH is 1. The van der Waals surface area contributed by atoms with Crippen molar-refractivity contribution in [2.24, 2.45) is 35.5 Å². The fraction of sp³-hybridized carbons (Fsp3) is 0.764. The Hall–Kier alpha value is -3.22. The van der Waals surface area contributed by atoms with Gasteiger partial charge >= 0.3 is 13.6 Å². The number of rotatable bonds is 12. The summed E-state index contributed by atoms with van der Waals surface area (Å²) in [7, 11) is 2.60. The number of nitrogens with zero attached hydrogens (tertiary/aromatic N) is 1. The van der Waals surface area contributed by atoms with Gasteiger partial charge in [-0.1, -0.05) is 71.1 Å². The molecule has 1 saturated carbocycles. The Labute approximate surface area is 434 Å². The zero-order valence-electron chi connectivity index (χ0n) is 45.7. The van der Waals surface area contributed by atoms with Crippen LogP contribution in [-0.2, 0) is 66.0 Å². The van der Waals surface area contributed by atoms with Gasteiger partial charge in [0, 0.05) is 72.2 Å². The van der Waals surface area contributed by atoms with E-state index in [1.165, 1.54) is 25.8 Å². The van der Waals surface area contributed by atoms with Crippen LogP contribution in [0.3, 0.4) is 0 Å². The SMILES string of the molecule is COCCOP(C)(=O)O[C@@H]1CCC(C[C@@H](C)C2CC(=O)[C@H](C)/C=C(\C)[C@@H](O)[C@@H](OC)C(=O)[C@H](C)C[C@H](C)/C=C/C=C/C=C(\C)[C@@H](OC)C[C@@H]3CC[C@@H](C)[C@@](O)(O3)C(=O)C(=O)N3CCCCC3C(=O)O2)C[C@H]1OC. The third-order valence-electron chi connectivity index (χ3n) is 15.4. The minimum Gasteiger partial charge on any atom is -0.460 e. The van der Waals surface area contributed by atoms with E-state index in [4.69, 9.17) is 37.5 Å². The zero-order valence-corrected chi connectivity index (χ0v) is 46.6. The molecule has 2 saturated heterocycles. The van der Waals surface area contributed by atoms with Crippen LogP contribution in [0.2, 0.25) is 0 Å². The maximum absolute atomic E-state index is 14.6. The van der Waals surface area contributed by atoms with Crippen molar-refractivity contribution in [3.8, 4) is 0 Å². The maximum atomic E-state index is 14.6. The van der Waals surface area contributed by atoms with Crippen molar-refractivity contribution < 1.29 is 76.2 Å². The van der Waals surface area contributed by atoms with Crippen molar-refractivity contribution in [3.05, 3.63) is 47.6 Å². The smallest absolute Gasteiger partial charge is 0.329 e. The van der Waals surface area contributed by atoms with Crippen LogP contribution in [0.1, 0.15) is 126 Å². The van der Waals surface area contributed by atoms with Crippen molar-refractivity contribution in [2.75, 3.05) is 54.9 Å². The topological polar surface area (TPSA) is 220 Å². The van der Waals surface area contributed by atoms with Crippen LogP contribution in [0.4, 0.5) is 0 Å². The summed E-state index contributed by atoms with van der Waals surface area (Å²) >= 11 is 0. The van der Waals surface area contributed by atoms with E-state index in [2.05, 4.69) is 0 Å². The summed E-state index contributed by atoms with van der Waals surface area (Å²) in [5.41, 5.74) is 1.24. The average molecular weight is 1050 g/mol. The Bertz CT molecular complexity index is 2020. The standard InChI is InChI=1S/C55H88NO16P/c1-34-18-14-13-15-19-35(2)46(66-9)32-42-23-21-40(7)55(63,71-42)52(60)53(61)56-25-17-16-20-43(56)54(62)70-47(33-44(57)36(3)29-39(6)50(59)51(68-11)49(58)38(5)28-34)37(4)30-41-22-24-45(48(31-41)67-10)72-73(12,64)69-27-26-65-8/h13-15,18-19,29,34,36-38,40-43,45-48,50-51,59,63H,16-17,20-28,30-33H2,1-12H3/b15-13+,18-14+,35-19+,39-29+/t34-,36-,37-,38-,40-,41?,42+,43?,45-,46+,47?,48-,50-,51+,55-,73?/m1/s1. The van der Waals surface area contributed by atoms with Gasteiger partial charge < -0.3 is 52.6 Å². The number of allylic oxidation sites excluding steroid dienone is 6. The van der Waals surface area contributed by atoms with Gasteiger partial charge in [-0.25, -0.2) is 4.79 Å². The molecule has 18 heteroatoms. The first-order valence-electron chi connectivity index (χ1n) is 26.4. The lowest BCUT2D eigenvalue weighted by atomic mass is 9.78. The molecular formula is C55H88NO16P. The van der Waals surface area contributed by atoms with Gasteiger partial charge in [-0.15, -0.1) is 0 Å². The summed E-state index contributed by atoms with van der Waals surface area (Å²) in [6, 6.07) is -1.18. The largest absolute Gasteiger partial charge is 0.460 e. The summed E-state index contributed by atoms with van der Waals surface area (Å²) in [6.07, 6.45) is 10.6. The molecule has 0 aromatic carbocycles. The molecule has 16 atom stereocenters. The second kappa shape index (κ2) is 29.3. The fourth-order valence-electron chi connectivity index (χ4n) is 10.8. The third-order valence-corrected chi connectivity index (χ3v) is 16.7. The molecule has 17 nitrogen and oxygen atoms in total. The number of esters is 1. The molecule has 2 bridgehead atoms. The first kappa shape index (κ1) is 62.3. The minimum atomic E-state index is -3.43. The van der Waals surface area contributed by atoms with Gasteiger partial charge in [-0.2, -0.15) is 0 Å². The van der Waals surface area contributed by atoms with Gasteiger partial charge in [0.2, 0.25) is 5.79 Å². The number of cyclic esters (lactones) is 1. The quantitative estimate of drug-likeness (QED) is 0.0629. The summed E-state index contributed by atoms with van der Waals surface area (Å²) in [6.45, 7) is 14.5. The van der Waals surface area contributed by atoms with E-state index in [1.54, 1.807) is 41.1 Å². The van der Waals surface area contributed by atoms with Crippen molar-refractivity contribution >= 4 is 36.8 Å². The molecule has 414 valence electrons. The normalized spacial score (nSPS) is 38.2.